The molecule has 1 heterocycles. The Bertz CT molecular complexity index is 2150. The van der Waals surface area contributed by atoms with Crippen molar-refractivity contribution in [2.45, 2.75) is 41.5 Å². The van der Waals surface area contributed by atoms with Gasteiger partial charge in [0.05, 0.1) is 16.6 Å². The van der Waals surface area contributed by atoms with Crippen molar-refractivity contribution in [1.82, 2.24) is 4.98 Å². The number of nitrogens with one attached hydrogen (secondary N) is 1. The molecule has 10 heteroatoms. The van der Waals surface area contributed by atoms with Crippen LogP contribution < -0.4 is 0 Å². The number of aromatic carboxylic acids is 3. The van der Waals surface area contributed by atoms with Crippen molar-refractivity contribution in [2.75, 3.05) is 14.2 Å². The van der Waals surface area contributed by atoms with E-state index >= 15 is 0 Å². The average Bonchev–Trinajstić information content (AvgIpc) is 3.61. The number of carboxylic acids is 3. The summed E-state index contributed by atoms with van der Waals surface area (Å²) in [4.78, 5) is 35.4. The number of carbonyl (C=O) groups is 3. The van der Waals surface area contributed by atoms with E-state index in [1.165, 1.54) is 17.5 Å². The Morgan fingerprint density at radius 2 is 0.906 bits per heavy atom. The van der Waals surface area contributed by atoms with E-state index in [0.29, 0.717) is 11.1 Å². The molecule has 6 aromatic carbocycles. The molecule has 10 nitrogen and oxygen atoms in total. The molecule has 0 saturated carbocycles. The van der Waals surface area contributed by atoms with Crippen molar-refractivity contribution in [3.8, 4) is 5.75 Å². The molecule has 0 spiro atoms. The van der Waals surface area contributed by atoms with Crippen LogP contribution in [0.4, 0.5) is 0 Å². The highest BCUT2D eigenvalue weighted by Gasteiger charge is 2.10. The molecule has 0 bridgehead atoms. The van der Waals surface area contributed by atoms with Crippen LogP contribution in [0.2, 0.25) is 0 Å². The van der Waals surface area contributed by atoms with Crippen molar-refractivity contribution in [2.24, 2.45) is 0 Å². The predicted molar refractivity (Wildman–Crippen MR) is 217 cm³/mol. The van der Waals surface area contributed by atoms with Crippen LogP contribution in [-0.2, 0) is 0 Å². The monoisotopic (exact) mass is 725 g/mol. The van der Waals surface area contributed by atoms with Gasteiger partial charge in [-0.25, -0.2) is 14.4 Å². The maximum atomic E-state index is 11.0. The SMILES string of the molecule is CC.CC.CC.CO.CO.O=C(O)c1ccc2c(ccc3c4ccccc4[nH]c23)c1.O=C(O)c1ccc2ccccc2c1.O=C(O)c1ccccc1O. The number of aromatic hydroxyl groups is 1. The van der Waals surface area contributed by atoms with E-state index in [-0.39, 0.29) is 11.3 Å². The number of hydrogen-bond acceptors (Lipinski definition) is 6. The lowest BCUT2D eigenvalue weighted by Crippen LogP contribution is -1.95. The zero-order valence-corrected chi connectivity index (χ0v) is 31.5. The van der Waals surface area contributed by atoms with E-state index in [2.05, 4.69) is 11.1 Å². The second kappa shape index (κ2) is 25.7. The molecule has 0 aliphatic heterocycles. The van der Waals surface area contributed by atoms with Gasteiger partial charge in [-0.1, -0.05) is 120 Å². The van der Waals surface area contributed by atoms with Gasteiger partial charge in [0.1, 0.15) is 11.3 Å². The number of carboxylic acid groups (broad SMARTS) is 3. The smallest absolute Gasteiger partial charge is 0.339 e. The number of aliphatic hydroxyl groups is 2. The molecule has 53 heavy (non-hydrogen) atoms. The van der Waals surface area contributed by atoms with Gasteiger partial charge in [-0.3, -0.25) is 0 Å². The molecule has 282 valence electrons. The van der Waals surface area contributed by atoms with Crippen LogP contribution in [0.25, 0.3) is 43.4 Å². The van der Waals surface area contributed by atoms with Gasteiger partial charge < -0.3 is 35.6 Å². The van der Waals surface area contributed by atoms with Crippen molar-refractivity contribution < 1.29 is 45.0 Å². The predicted octanol–water partition coefficient (Wildman–Crippen LogP) is 10.1. The topological polar surface area (TPSA) is 188 Å². The summed E-state index contributed by atoms with van der Waals surface area (Å²) >= 11 is 0. The van der Waals surface area contributed by atoms with Crippen LogP contribution in [-0.4, -0.2) is 67.8 Å². The molecular formula is C43H51NO9. The molecule has 7 N–H and O–H groups in total. The lowest BCUT2D eigenvalue weighted by atomic mass is 10.0. The Morgan fingerprint density at radius 3 is 1.45 bits per heavy atom. The maximum Gasteiger partial charge on any atom is 0.339 e. The van der Waals surface area contributed by atoms with Crippen molar-refractivity contribution >= 4 is 61.3 Å². The molecule has 0 fully saturated rings. The molecule has 0 aliphatic carbocycles. The van der Waals surface area contributed by atoms with E-state index in [0.717, 1.165) is 52.2 Å². The summed E-state index contributed by atoms with van der Waals surface area (Å²) in [5.41, 5.74) is 2.73. The highest BCUT2D eigenvalue weighted by molar-refractivity contribution is 6.17. The van der Waals surface area contributed by atoms with Crippen molar-refractivity contribution in [3.63, 3.8) is 0 Å². The van der Waals surface area contributed by atoms with Gasteiger partial charge >= 0.3 is 17.9 Å². The highest BCUT2D eigenvalue weighted by Crippen LogP contribution is 2.31. The molecule has 0 radical (unpaired) electrons. The van der Waals surface area contributed by atoms with Crippen molar-refractivity contribution in [3.05, 3.63) is 138 Å². The van der Waals surface area contributed by atoms with Crippen LogP contribution in [0, 0.1) is 0 Å². The third kappa shape index (κ3) is 13.1. The minimum Gasteiger partial charge on any atom is -0.507 e. The van der Waals surface area contributed by atoms with Gasteiger partial charge in [0.25, 0.3) is 0 Å². The quantitative estimate of drug-likeness (QED) is 0.0930. The summed E-state index contributed by atoms with van der Waals surface area (Å²) < 4.78 is 0. The Kier molecular flexibility index (Phi) is 22.7. The molecule has 0 amide bonds. The van der Waals surface area contributed by atoms with Crippen LogP contribution in [0.15, 0.2) is 121 Å². The molecule has 0 saturated heterocycles. The Balaban J connectivity index is 0.000000716. The fourth-order valence-corrected chi connectivity index (χ4v) is 4.76. The average molecular weight is 726 g/mol. The normalized spacial score (nSPS) is 9.09. The Hall–Kier alpha value is -6.23. The number of phenols is 1. The third-order valence-electron chi connectivity index (χ3n) is 6.87. The largest absolute Gasteiger partial charge is 0.507 e. The first-order chi connectivity index (χ1) is 25.7. The van der Waals surface area contributed by atoms with E-state index in [1.807, 2.05) is 108 Å². The van der Waals surface area contributed by atoms with Crippen LogP contribution >= 0.6 is 0 Å². The molecule has 1 aromatic heterocycles. The summed E-state index contributed by atoms with van der Waals surface area (Å²) in [5.74, 6) is -3.09. The first kappa shape index (κ1) is 46.8. The standard InChI is InChI=1S/C17H11NO2.C11H8O2.C7H6O3.3C2H6.2CH4O/c19-17(20)11-6-7-12-10(9-11)5-8-14-13-3-1-2-4-15(13)18-16(12)14;12-11(13)10-6-5-8-3-1-2-4-9(8)7-10;8-6-4-2-1-3-5(6)7(9)10;5*1-2/h1-9,18H,(H,19,20);1-7H,(H,12,13);1-4,8H,(H,9,10);3*1-2H3;2*2H,1H3. The Labute approximate surface area is 310 Å². The van der Waals surface area contributed by atoms with Crippen LogP contribution in [0.3, 0.4) is 0 Å². The first-order valence-electron chi connectivity index (χ1n) is 17.0. The summed E-state index contributed by atoms with van der Waals surface area (Å²) in [6, 6.07) is 36.0. The van der Waals surface area contributed by atoms with E-state index in [1.54, 1.807) is 36.4 Å². The summed E-state index contributed by atoms with van der Waals surface area (Å²) in [6.07, 6.45) is 0. The van der Waals surface area contributed by atoms with Crippen LogP contribution in [0.5, 0.6) is 5.75 Å². The molecule has 7 rings (SSSR count). The second-order valence-corrected chi connectivity index (χ2v) is 9.59. The van der Waals surface area contributed by atoms with E-state index in [9.17, 15) is 14.4 Å². The van der Waals surface area contributed by atoms with Gasteiger partial charge in [0.15, 0.2) is 0 Å². The number of aromatic nitrogens is 1. The van der Waals surface area contributed by atoms with Gasteiger partial charge in [-0.15, -0.1) is 0 Å². The number of aromatic amines is 1. The first-order valence-corrected chi connectivity index (χ1v) is 17.0. The maximum absolute atomic E-state index is 11.0. The summed E-state index contributed by atoms with van der Waals surface area (Å²) in [6.45, 7) is 12.0. The van der Waals surface area contributed by atoms with Gasteiger partial charge in [0, 0.05) is 35.9 Å². The zero-order valence-electron chi connectivity index (χ0n) is 31.5. The molecule has 7 aromatic rings. The molecular weight excluding hydrogens is 674 g/mol. The third-order valence-corrected chi connectivity index (χ3v) is 6.87. The highest BCUT2D eigenvalue weighted by atomic mass is 16.4. The molecule has 0 atom stereocenters. The lowest BCUT2D eigenvalue weighted by molar-refractivity contribution is 0.0683. The van der Waals surface area contributed by atoms with Crippen LogP contribution in [0.1, 0.15) is 72.6 Å². The van der Waals surface area contributed by atoms with E-state index < -0.39 is 17.9 Å². The number of benzene rings is 6. The zero-order chi connectivity index (χ0) is 40.5. The van der Waals surface area contributed by atoms with E-state index in [4.69, 9.17) is 30.6 Å². The number of hydrogen-bond donors (Lipinski definition) is 7. The van der Waals surface area contributed by atoms with Crippen molar-refractivity contribution in [1.29, 1.82) is 0 Å². The Morgan fingerprint density at radius 1 is 0.453 bits per heavy atom. The number of fused-ring (bicyclic) bond motifs is 6. The van der Waals surface area contributed by atoms with Gasteiger partial charge in [-0.2, -0.15) is 0 Å². The van der Waals surface area contributed by atoms with Gasteiger partial charge in [-0.05, 0) is 58.6 Å². The van der Waals surface area contributed by atoms with Gasteiger partial charge in [0.2, 0.25) is 0 Å². The number of rotatable bonds is 3. The number of para-hydroxylation sites is 2. The fraction of sp³-hybridized carbons (Fsp3) is 0.186. The fourth-order valence-electron chi connectivity index (χ4n) is 4.76. The summed E-state index contributed by atoms with van der Waals surface area (Å²) in [5, 5.41) is 55.5. The summed E-state index contributed by atoms with van der Waals surface area (Å²) in [7, 11) is 2.00. The minimum absolute atomic E-state index is 0.0671. The molecule has 0 aliphatic rings. The lowest BCUT2D eigenvalue weighted by Gasteiger charge is -2.01. The number of H-pyrrole nitrogens is 1. The number of aliphatic hydroxyl groups excluding tert-OH is 2. The second-order valence-electron chi connectivity index (χ2n) is 9.59. The molecule has 0 unspecified atom stereocenters. The minimum atomic E-state index is -1.11.